The smallest absolute Gasteiger partial charge is 0.188 e. The summed E-state index contributed by atoms with van der Waals surface area (Å²) in [5.74, 6) is 0.956. The van der Waals surface area contributed by atoms with Crippen molar-refractivity contribution in [3.63, 3.8) is 0 Å². The highest BCUT2D eigenvalue weighted by molar-refractivity contribution is 5.98. The average Bonchev–Trinajstić information content (AvgIpc) is 3.75. The van der Waals surface area contributed by atoms with Gasteiger partial charge >= 0.3 is 0 Å². The minimum Gasteiger partial charge on any atom is -0.347 e. The first-order valence-corrected chi connectivity index (χ1v) is 14.9. The Kier molecular flexibility index (Phi) is 5.83. The van der Waals surface area contributed by atoms with E-state index in [-0.39, 0.29) is 5.41 Å². The molecule has 0 bridgehead atoms. The third-order valence-corrected chi connectivity index (χ3v) is 9.09. The number of aromatic nitrogens is 6. The molecule has 0 amide bonds. The second kappa shape index (κ2) is 9.56. The van der Waals surface area contributed by atoms with E-state index < -0.39 is 5.79 Å². The zero-order chi connectivity index (χ0) is 29.3. The zero-order valence-electron chi connectivity index (χ0n) is 24.9. The van der Waals surface area contributed by atoms with Gasteiger partial charge in [-0.1, -0.05) is 75.4 Å². The molecule has 2 aromatic carbocycles. The standard InChI is InChI=1S/C35H34N6O2/c1-34(2,3)31-27(19-35(31)42-16-17-43-35)23-10-12-24(13-11-23)30-25(22-8-6-5-7-9-22)18-26-28(37-30)14-15-41-32(26)38-39-33(41)29-20-40(4)21-36-29/h5-15,18,20-21,27,31H,16-17,19H2,1-4H3. The number of benzene rings is 2. The van der Waals surface area contributed by atoms with Crippen LogP contribution in [0.2, 0.25) is 0 Å². The second-order valence-electron chi connectivity index (χ2n) is 12.9. The van der Waals surface area contributed by atoms with E-state index in [1.54, 1.807) is 6.33 Å². The number of ether oxygens (including phenoxy) is 2. The van der Waals surface area contributed by atoms with Crippen LogP contribution in [-0.2, 0) is 16.5 Å². The lowest BCUT2D eigenvalue weighted by Gasteiger charge is -2.56. The number of hydrogen-bond acceptors (Lipinski definition) is 6. The Morgan fingerprint density at radius 3 is 2.37 bits per heavy atom. The van der Waals surface area contributed by atoms with Crippen LogP contribution in [0.25, 0.3) is 50.5 Å². The van der Waals surface area contributed by atoms with Crippen molar-refractivity contribution in [2.75, 3.05) is 13.2 Å². The van der Waals surface area contributed by atoms with Crippen LogP contribution in [0.5, 0.6) is 0 Å². The van der Waals surface area contributed by atoms with Crippen molar-refractivity contribution in [2.45, 2.75) is 38.9 Å². The minimum absolute atomic E-state index is 0.0653. The SMILES string of the molecule is Cn1cnc(-c2nnc3c4cc(-c5ccccc5)c(-c5ccc(C6CC7(OCCO7)C6C(C)(C)C)cc5)nc4ccn23)c1. The van der Waals surface area contributed by atoms with E-state index in [1.807, 2.05) is 40.5 Å². The van der Waals surface area contributed by atoms with Gasteiger partial charge in [0.2, 0.25) is 0 Å². The highest BCUT2D eigenvalue weighted by Gasteiger charge is 2.62. The molecule has 2 atom stereocenters. The molecule has 1 spiro atoms. The van der Waals surface area contributed by atoms with E-state index in [0.29, 0.717) is 30.9 Å². The summed E-state index contributed by atoms with van der Waals surface area (Å²) in [7, 11) is 1.95. The summed E-state index contributed by atoms with van der Waals surface area (Å²) < 4.78 is 16.3. The minimum atomic E-state index is -0.439. The van der Waals surface area contributed by atoms with Crippen molar-refractivity contribution < 1.29 is 9.47 Å². The molecule has 8 heteroatoms. The maximum Gasteiger partial charge on any atom is 0.188 e. The van der Waals surface area contributed by atoms with Gasteiger partial charge in [0, 0.05) is 48.3 Å². The molecule has 4 aromatic heterocycles. The van der Waals surface area contributed by atoms with E-state index in [4.69, 9.17) is 14.5 Å². The quantitative estimate of drug-likeness (QED) is 0.229. The molecule has 0 radical (unpaired) electrons. The predicted octanol–water partition coefficient (Wildman–Crippen LogP) is 6.90. The molecule has 6 aromatic rings. The maximum absolute atomic E-state index is 6.18. The molecule has 2 fully saturated rings. The first-order valence-electron chi connectivity index (χ1n) is 14.9. The zero-order valence-corrected chi connectivity index (χ0v) is 24.9. The molecule has 2 unspecified atom stereocenters. The van der Waals surface area contributed by atoms with Crippen LogP contribution in [0.4, 0.5) is 0 Å². The Morgan fingerprint density at radius 1 is 0.907 bits per heavy atom. The molecule has 1 saturated heterocycles. The fourth-order valence-electron chi connectivity index (χ4n) is 7.28. The third kappa shape index (κ3) is 4.19. The fraction of sp³-hybridized carbons (Fsp3) is 0.314. The molecule has 2 aliphatic rings. The van der Waals surface area contributed by atoms with Gasteiger partial charge in [0.15, 0.2) is 17.3 Å². The Bertz CT molecular complexity index is 1960. The lowest BCUT2D eigenvalue weighted by Crippen LogP contribution is -2.58. The first kappa shape index (κ1) is 26.2. The summed E-state index contributed by atoms with van der Waals surface area (Å²) in [5, 5.41) is 10.0. The van der Waals surface area contributed by atoms with Crippen LogP contribution in [0, 0.1) is 11.3 Å². The number of aryl methyl sites for hydroxylation is 1. The van der Waals surface area contributed by atoms with Gasteiger partial charge < -0.3 is 14.0 Å². The highest BCUT2D eigenvalue weighted by atomic mass is 16.7. The Balaban J connectivity index is 1.22. The van der Waals surface area contributed by atoms with E-state index in [0.717, 1.165) is 51.0 Å². The average molecular weight is 571 g/mol. The molecular weight excluding hydrogens is 536 g/mol. The monoisotopic (exact) mass is 570 g/mol. The van der Waals surface area contributed by atoms with Gasteiger partial charge in [-0.05, 0) is 34.6 Å². The second-order valence-corrected chi connectivity index (χ2v) is 12.9. The number of rotatable bonds is 4. The van der Waals surface area contributed by atoms with Gasteiger partial charge in [0.25, 0.3) is 0 Å². The van der Waals surface area contributed by atoms with Gasteiger partial charge in [0.05, 0.1) is 30.8 Å². The van der Waals surface area contributed by atoms with Gasteiger partial charge in [-0.3, -0.25) is 4.40 Å². The summed E-state index contributed by atoms with van der Waals surface area (Å²) in [5.41, 5.74) is 7.97. The van der Waals surface area contributed by atoms with Crippen molar-refractivity contribution in [1.82, 2.24) is 29.1 Å². The van der Waals surface area contributed by atoms with Crippen LogP contribution in [-0.4, -0.2) is 48.1 Å². The van der Waals surface area contributed by atoms with Crippen molar-refractivity contribution >= 4 is 16.6 Å². The Hall–Kier alpha value is -4.40. The summed E-state index contributed by atoms with van der Waals surface area (Å²) >= 11 is 0. The molecule has 1 aliphatic carbocycles. The van der Waals surface area contributed by atoms with Crippen LogP contribution >= 0.6 is 0 Å². The molecule has 1 aliphatic heterocycles. The Morgan fingerprint density at radius 2 is 1.67 bits per heavy atom. The maximum atomic E-state index is 6.18. The van der Waals surface area contributed by atoms with Crippen molar-refractivity contribution in [2.24, 2.45) is 18.4 Å². The van der Waals surface area contributed by atoms with E-state index in [9.17, 15) is 0 Å². The van der Waals surface area contributed by atoms with Crippen molar-refractivity contribution in [3.05, 3.63) is 91.0 Å². The summed E-state index contributed by atoms with van der Waals surface area (Å²) in [6.07, 6.45) is 6.59. The molecule has 8 rings (SSSR count). The van der Waals surface area contributed by atoms with Gasteiger partial charge in [-0.15, -0.1) is 10.2 Å². The van der Waals surface area contributed by atoms with E-state index >= 15 is 0 Å². The molecule has 1 saturated carbocycles. The van der Waals surface area contributed by atoms with Gasteiger partial charge in [-0.25, -0.2) is 9.97 Å². The summed E-state index contributed by atoms with van der Waals surface area (Å²) in [6.45, 7) is 8.24. The van der Waals surface area contributed by atoms with Crippen LogP contribution < -0.4 is 0 Å². The third-order valence-electron chi connectivity index (χ3n) is 9.09. The summed E-state index contributed by atoms with van der Waals surface area (Å²) in [6, 6.07) is 23.6. The number of nitrogens with zero attached hydrogens (tertiary/aromatic N) is 6. The molecule has 0 N–H and O–H groups in total. The normalized spacial score (nSPS) is 19.8. The molecular formula is C35H34N6O2. The number of hydrogen-bond donors (Lipinski definition) is 0. The predicted molar refractivity (Wildman–Crippen MR) is 166 cm³/mol. The van der Waals surface area contributed by atoms with Crippen LogP contribution in [0.3, 0.4) is 0 Å². The summed E-state index contributed by atoms with van der Waals surface area (Å²) in [4.78, 5) is 9.72. The molecule has 216 valence electrons. The highest BCUT2D eigenvalue weighted by Crippen LogP contribution is 2.61. The number of pyridine rings is 2. The largest absolute Gasteiger partial charge is 0.347 e. The van der Waals surface area contributed by atoms with Crippen molar-refractivity contribution in [3.8, 4) is 33.9 Å². The van der Waals surface area contributed by atoms with E-state index in [1.165, 1.54) is 5.56 Å². The van der Waals surface area contributed by atoms with Gasteiger partial charge in [0.1, 0.15) is 5.69 Å². The van der Waals surface area contributed by atoms with Crippen LogP contribution in [0.1, 0.15) is 38.7 Å². The molecule has 5 heterocycles. The van der Waals surface area contributed by atoms with Crippen LogP contribution in [0.15, 0.2) is 85.5 Å². The fourth-order valence-corrected chi connectivity index (χ4v) is 7.28. The first-order chi connectivity index (χ1) is 20.8. The molecule has 43 heavy (non-hydrogen) atoms. The number of fused-ring (bicyclic) bond motifs is 3. The lowest BCUT2D eigenvalue weighted by atomic mass is 9.55. The van der Waals surface area contributed by atoms with Gasteiger partial charge in [-0.2, -0.15) is 0 Å². The van der Waals surface area contributed by atoms with E-state index in [2.05, 4.69) is 90.5 Å². The Labute approximate surface area is 250 Å². The lowest BCUT2D eigenvalue weighted by molar-refractivity contribution is -0.283. The topological polar surface area (TPSA) is 79.4 Å². The van der Waals surface area contributed by atoms with Crippen molar-refractivity contribution in [1.29, 1.82) is 0 Å². The molecule has 8 nitrogen and oxygen atoms in total. The number of imidazole rings is 1.